The van der Waals surface area contributed by atoms with Gasteiger partial charge in [0.15, 0.2) is 0 Å². The fourth-order valence-corrected chi connectivity index (χ4v) is 2.08. The van der Waals surface area contributed by atoms with Crippen molar-refractivity contribution >= 4 is 5.97 Å². The molecule has 0 amide bonds. The number of rotatable bonds is 5. The van der Waals surface area contributed by atoms with Crippen LogP contribution >= 0.6 is 0 Å². The maximum Gasteiger partial charge on any atom is 0.303 e. The lowest BCUT2D eigenvalue weighted by Crippen LogP contribution is -2.11. The summed E-state index contributed by atoms with van der Waals surface area (Å²) in [7, 11) is 0. The van der Waals surface area contributed by atoms with Crippen molar-refractivity contribution in [1.29, 1.82) is 0 Å². The molecule has 2 aromatic rings. The molecule has 1 atom stereocenters. The highest BCUT2D eigenvalue weighted by Gasteiger charge is 2.19. The molecule has 0 aliphatic rings. The van der Waals surface area contributed by atoms with Gasteiger partial charge in [0.05, 0.1) is 6.42 Å². The standard InChI is InChI=1S/C15H14FNO2/c16-14-7-2-1-6-13(14)11(10-15(18)19)9-12-5-3-4-8-17-12/h1-8,11H,9-10H2,(H,18,19). The lowest BCUT2D eigenvalue weighted by Gasteiger charge is -2.15. The monoisotopic (exact) mass is 259 g/mol. The summed E-state index contributed by atoms with van der Waals surface area (Å²) in [5.41, 5.74) is 1.19. The van der Waals surface area contributed by atoms with Crippen LogP contribution in [0.3, 0.4) is 0 Å². The molecule has 0 aliphatic carbocycles. The number of pyridine rings is 1. The largest absolute Gasteiger partial charge is 0.481 e. The van der Waals surface area contributed by atoms with E-state index < -0.39 is 11.9 Å². The number of aromatic nitrogens is 1. The second-order valence-electron chi connectivity index (χ2n) is 4.34. The van der Waals surface area contributed by atoms with Gasteiger partial charge in [-0.05, 0) is 30.2 Å². The van der Waals surface area contributed by atoms with Crippen molar-refractivity contribution in [1.82, 2.24) is 4.98 Å². The normalized spacial score (nSPS) is 12.1. The molecule has 3 nitrogen and oxygen atoms in total. The summed E-state index contributed by atoms with van der Waals surface area (Å²) in [5.74, 6) is -1.72. The molecule has 1 heterocycles. The highest BCUT2D eigenvalue weighted by Crippen LogP contribution is 2.26. The zero-order valence-corrected chi connectivity index (χ0v) is 10.3. The van der Waals surface area contributed by atoms with E-state index in [9.17, 15) is 9.18 Å². The van der Waals surface area contributed by atoms with Gasteiger partial charge >= 0.3 is 5.97 Å². The van der Waals surface area contributed by atoms with E-state index in [1.165, 1.54) is 6.07 Å². The van der Waals surface area contributed by atoms with Crippen molar-refractivity contribution in [3.63, 3.8) is 0 Å². The Morgan fingerprint density at radius 1 is 1.21 bits per heavy atom. The molecule has 4 heteroatoms. The number of carbonyl (C=O) groups is 1. The Labute approximate surface area is 110 Å². The molecular formula is C15H14FNO2. The summed E-state index contributed by atoms with van der Waals surface area (Å²) >= 11 is 0. The van der Waals surface area contributed by atoms with Crippen LogP contribution in [0.5, 0.6) is 0 Å². The Morgan fingerprint density at radius 2 is 1.95 bits per heavy atom. The van der Waals surface area contributed by atoms with E-state index in [0.29, 0.717) is 12.0 Å². The Hall–Kier alpha value is -2.23. The third-order valence-corrected chi connectivity index (χ3v) is 2.95. The van der Waals surface area contributed by atoms with Crippen molar-refractivity contribution in [3.8, 4) is 0 Å². The molecule has 0 spiro atoms. The molecule has 0 radical (unpaired) electrons. The van der Waals surface area contributed by atoms with Crippen LogP contribution in [0.4, 0.5) is 4.39 Å². The summed E-state index contributed by atoms with van der Waals surface area (Å²) in [6.07, 6.45) is 1.94. The van der Waals surface area contributed by atoms with E-state index in [0.717, 1.165) is 5.69 Å². The van der Waals surface area contributed by atoms with Gasteiger partial charge in [0, 0.05) is 17.8 Å². The van der Waals surface area contributed by atoms with Crippen LogP contribution < -0.4 is 0 Å². The quantitative estimate of drug-likeness (QED) is 0.897. The van der Waals surface area contributed by atoms with E-state index in [4.69, 9.17) is 5.11 Å². The first-order valence-corrected chi connectivity index (χ1v) is 6.03. The third-order valence-electron chi connectivity index (χ3n) is 2.95. The number of aliphatic carboxylic acids is 1. The number of halogens is 1. The van der Waals surface area contributed by atoms with Gasteiger partial charge in [0.1, 0.15) is 5.82 Å². The van der Waals surface area contributed by atoms with E-state index >= 15 is 0 Å². The first-order valence-electron chi connectivity index (χ1n) is 6.03. The fourth-order valence-electron chi connectivity index (χ4n) is 2.08. The molecule has 1 N–H and O–H groups in total. The zero-order valence-electron chi connectivity index (χ0n) is 10.3. The molecule has 0 fully saturated rings. The maximum atomic E-state index is 13.8. The molecule has 0 aliphatic heterocycles. The summed E-state index contributed by atoms with van der Waals surface area (Å²) in [5, 5.41) is 8.97. The first-order chi connectivity index (χ1) is 9.16. The van der Waals surface area contributed by atoms with Crippen LogP contribution in [-0.4, -0.2) is 16.1 Å². The average Bonchev–Trinajstić information content (AvgIpc) is 2.39. The minimum absolute atomic E-state index is 0.114. The van der Waals surface area contributed by atoms with Gasteiger partial charge in [-0.25, -0.2) is 4.39 Å². The molecular weight excluding hydrogens is 245 g/mol. The lowest BCUT2D eigenvalue weighted by atomic mass is 9.90. The smallest absolute Gasteiger partial charge is 0.303 e. The molecule has 19 heavy (non-hydrogen) atoms. The molecule has 2 rings (SSSR count). The molecule has 0 bridgehead atoms. The van der Waals surface area contributed by atoms with Gasteiger partial charge in [0.25, 0.3) is 0 Å². The predicted molar refractivity (Wildman–Crippen MR) is 69.3 cm³/mol. The number of benzene rings is 1. The van der Waals surface area contributed by atoms with E-state index in [1.54, 1.807) is 30.5 Å². The lowest BCUT2D eigenvalue weighted by molar-refractivity contribution is -0.137. The summed E-state index contributed by atoms with van der Waals surface area (Å²) in [6, 6.07) is 11.7. The first kappa shape index (κ1) is 13.2. The number of nitrogens with zero attached hydrogens (tertiary/aromatic N) is 1. The Morgan fingerprint density at radius 3 is 2.58 bits per heavy atom. The van der Waals surface area contributed by atoms with E-state index in [1.807, 2.05) is 12.1 Å². The molecule has 98 valence electrons. The minimum atomic E-state index is -0.941. The fraction of sp³-hybridized carbons (Fsp3) is 0.200. The number of hydrogen-bond donors (Lipinski definition) is 1. The van der Waals surface area contributed by atoms with E-state index in [-0.39, 0.29) is 12.2 Å². The van der Waals surface area contributed by atoms with Crippen molar-refractivity contribution in [2.75, 3.05) is 0 Å². The van der Waals surface area contributed by atoms with Crippen LogP contribution in [0.1, 0.15) is 23.6 Å². The third kappa shape index (κ3) is 3.61. The Kier molecular flexibility index (Phi) is 4.23. The van der Waals surface area contributed by atoms with Gasteiger partial charge in [-0.3, -0.25) is 9.78 Å². The van der Waals surface area contributed by atoms with E-state index in [2.05, 4.69) is 4.98 Å². The van der Waals surface area contributed by atoms with Crippen LogP contribution in [-0.2, 0) is 11.2 Å². The molecule has 0 saturated heterocycles. The van der Waals surface area contributed by atoms with Crippen molar-refractivity contribution in [2.45, 2.75) is 18.8 Å². The number of carboxylic acids is 1. The predicted octanol–water partition coefficient (Wildman–Crippen LogP) is 3.02. The topological polar surface area (TPSA) is 50.2 Å². The van der Waals surface area contributed by atoms with Crippen LogP contribution in [0.25, 0.3) is 0 Å². The summed E-state index contributed by atoms with van der Waals surface area (Å²) in [4.78, 5) is 15.1. The van der Waals surface area contributed by atoms with Crippen molar-refractivity contribution in [2.24, 2.45) is 0 Å². The molecule has 1 unspecified atom stereocenters. The number of hydrogen-bond acceptors (Lipinski definition) is 2. The summed E-state index contributed by atoms with van der Waals surface area (Å²) in [6.45, 7) is 0. The average molecular weight is 259 g/mol. The van der Waals surface area contributed by atoms with Gasteiger partial charge in [-0.1, -0.05) is 24.3 Å². The van der Waals surface area contributed by atoms with Gasteiger partial charge in [-0.2, -0.15) is 0 Å². The molecule has 0 saturated carbocycles. The SMILES string of the molecule is O=C(O)CC(Cc1ccccn1)c1ccccc1F. The minimum Gasteiger partial charge on any atom is -0.481 e. The molecule has 1 aromatic heterocycles. The zero-order chi connectivity index (χ0) is 13.7. The van der Waals surface area contributed by atoms with Crippen LogP contribution in [0.15, 0.2) is 48.7 Å². The van der Waals surface area contributed by atoms with Crippen LogP contribution in [0, 0.1) is 5.82 Å². The second-order valence-corrected chi connectivity index (χ2v) is 4.34. The van der Waals surface area contributed by atoms with Gasteiger partial charge in [0.2, 0.25) is 0 Å². The van der Waals surface area contributed by atoms with Crippen LogP contribution in [0.2, 0.25) is 0 Å². The molecule has 1 aromatic carbocycles. The van der Waals surface area contributed by atoms with Crippen molar-refractivity contribution < 1.29 is 14.3 Å². The Bertz CT molecular complexity index is 557. The summed E-state index contributed by atoms with van der Waals surface area (Å²) < 4.78 is 13.8. The number of carboxylic acid groups (broad SMARTS) is 1. The highest BCUT2D eigenvalue weighted by molar-refractivity contribution is 5.68. The van der Waals surface area contributed by atoms with Gasteiger partial charge in [-0.15, -0.1) is 0 Å². The Balaban J connectivity index is 2.26. The van der Waals surface area contributed by atoms with Gasteiger partial charge < -0.3 is 5.11 Å². The second kappa shape index (κ2) is 6.09. The van der Waals surface area contributed by atoms with Crippen molar-refractivity contribution in [3.05, 3.63) is 65.7 Å². The highest BCUT2D eigenvalue weighted by atomic mass is 19.1. The maximum absolute atomic E-state index is 13.8.